The van der Waals surface area contributed by atoms with Crippen molar-refractivity contribution in [3.8, 4) is 0 Å². The van der Waals surface area contributed by atoms with Gasteiger partial charge in [-0.05, 0) is 39.7 Å². The van der Waals surface area contributed by atoms with E-state index >= 15 is 0 Å². The van der Waals surface area contributed by atoms with Crippen LogP contribution in [0.5, 0.6) is 0 Å². The van der Waals surface area contributed by atoms with Crippen molar-refractivity contribution in [2.24, 2.45) is 0 Å². The van der Waals surface area contributed by atoms with Gasteiger partial charge in [-0.1, -0.05) is 6.42 Å². The van der Waals surface area contributed by atoms with E-state index in [1.54, 1.807) is 0 Å². The molecule has 90 valence electrons. The predicted octanol–water partition coefficient (Wildman–Crippen LogP) is 1.93. The molecule has 0 aliphatic carbocycles. The van der Waals surface area contributed by atoms with Crippen molar-refractivity contribution in [1.29, 1.82) is 0 Å². The highest BCUT2D eigenvalue weighted by Gasteiger charge is 2.14. The molecular weight excluding hydrogens is 200 g/mol. The van der Waals surface area contributed by atoms with Crippen molar-refractivity contribution in [2.45, 2.75) is 58.0 Å². The predicted molar refractivity (Wildman–Crippen MR) is 64.4 cm³/mol. The fourth-order valence-electron chi connectivity index (χ4n) is 2.35. The molecule has 1 aromatic rings. The summed E-state index contributed by atoms with van der Waals surface area (Å²) in [6.07, 6.45) is 8.08. The number of nitrogens with one attached hydrogen (secondary N) is 1. The molecule has 0 saturated carbocycles. The van der Waals surface area contributed by atoms with Crippen molar-refractivity contribution in [3.05, 3.63) is 12.2 Å². The first kappa shape index (κ1) is 11.6. The van der Waals surface area contributed by atoms with E-state index in [1.165, 1.54) is 32.2 Å². The number of rotatable bonds is 4. The largest absolute Gasteiger partial charge is 0.315 e. The molecule has 1 aromatic heterocycles. The fraction of sp³-hybridized carbons (Fsp3) is 0.833. The first-order chi connectivity index (χ1) is 7.77. The quantitative estimate of drug-likeness (QED) is 0.846. The Labute approximate surface area is 97.5 Å². The summed E-state index contributed by atoms with van der Waals surface area (Å²) in [5, 5.41) is 11.8. The zero-order valence-electron chi connectivity index (χ0n) is 10.3. The standard InChI is InChI=1S/C12H22N4/c1-10(2)16-9-14-15-12(16)7-6-11-5-3-4-8-13-11/h9-11,13H,3-8H2,1-2H3. The summed E-state index contributed by atoms with van der Waals surface area (Å²) in [4.78, 5) is 0. The topological polar surface area (TPSA) is 42.7 Å². The molecule has 4 nitrogen and oxygen atoms in total. The average molecular weight is 222 g/mol. The highest BCUT2D eigenvalue weighted by Crippen LogP contribution is 2.14. The maximum Gasteiger partial charge on any atom is 0.133 e. The summed E-state index contributed by atoms with van der Waals surface area (Å²) in [6.45, 7) is 5.53. The summed E-state index contributed by atoms with van der Waals surface area (Å²) in [5.41, 5.74) is 0. The summed E-state index contributed by atoms with van der Waals surface area (Å²) < 4.78 is 2.17. The average Bonchev–Trinajstić information content (AvgIpc) is 2.76. The number of nitrogens with zero attached hydrogens (tertiary/aromatic N) is 3. The van der Waals surface area contributed by atoms with Crippen LogP contribution in [-0.4, -0.2) is 27.4 Å². The normalized spacial score (nSPS) is 21.6. The minimum atomic E-state index is 0.462. The molecule has 1 atom stereocenters. The second-order valence-corrected chi connectivity index (χ2v) is 4.93. The molecule has 0 amide bonds. The van der Waals surface area contributed by atoms with Crippen LogP contribution in [0.15, 0.2) is 6.33 Å². The van der Waals surface area contributed by atoms with Crippen LogP contribution in [-0.2, 0) is 6.42 Å². The molecule has 1 unspecified atom stereocenters. The summed E-state index contributed by atoms with van der Waals surface area (Å²) in [6, 6.07) is 1.15. The van der Waals surface area contributed by atoms with Crippen LogP contribution in [0.4, 0.5) is 0 Å². The van der Waals surface area contributed by atoms with Crippen LogP contribution in [0.2, 0.25) is 0 Å². The Morgan fingerprint density at radius 1 is 1.50 bits per heavy atom. The van der Waals surface area contributed by atoms with Crippen LogP contribution in [0, 0.1) is 0 Å². The molecule has 0 bridgehead atoms. The number of piperidine rings is 1. The van der Waals surface area contributed by atoms with Gasteiger partial charge in [0, 0.05) is 18.5 Å². The van der Waals surface area contributed by atoms with Gasteiger partial charge in [0.15, 0.2) is 0 Å². The Kier molecular flexibility index (Phi) is 3.93. The zero-order valence-corrected chi connectivity index (χ0v) is 10.3. The van der Waals surface area contributed by atoms with Gasteiger partial charge in [0.05, 0.1) is 0 Å². The lowest BCUT2D eigenvalue weighted by Crippen LogP contribution is -2.34. The second kappa shape index (κ2) is 5.43. The highest BCUT2D eigenvalue weighted by molar-refractivity contribution is 4.90. The SMILES string of the molecule is CC(C)n1cnnc1CCC1CCCCN1. The van der Waals surface area contributed by atoms with Gasteiger partial charge in [-0.2, -0.15) is 0 Å². The Morgan fingerprint density at radius 2 is 2.38 bits per heavy atom. The van der Waals surface area contributed by atoms with Crippen LogP contribution in [0.1, 0.15) is 51.4 Å². The highest BCUT2D eigenvalue weighted by atomic mass is 15.3. The van der Waals surface area contributed by atoms with Gasteiger partial charge in [0.25, 0.3) is 0 Å². The molecule has 1 N–H and O–H groups in total. The van der Waals surface area contributed by atoms with Crippen LogP contribution in [0.3, 0.4) is 0 Å². The van der Waals surface area contributed by atoms with Gasteiger partial charge in [-0.25, -0.2) is 0 Å². The first-order valence-electron chi connectivity index (χ1n) is 6.39. The number of aryl methyl sites for hydroxylation is 1. The molecule has 16 heavy (non-hydrogen) atoms. The molecule has 1 aliphatic heterocycles. The number of aromatic nitrogens is 3. The Bertz CT molecular complexity index is 313. The lowest BCUT2D eigenvalue weighted by molar-refractivity contribution is 0.377. The summed E-state index contributed by atoms with van der Waals surface area (Å²) >= 11 is 0. The first-order valence-corrected chi connectivity index (χ1v) is 6.39. The minimum Gasteiger partial charge on any atom is -0.315 e. The third kappa shape index (κ3) is 2.82. The van der Waals surface area contributed by atoms with E-state index in [2.05, 4.69) is 33.9 Å². The van der Waals surface area contributed by atoms with Crippen molar-refractivity contribution in [3.63, 3.8) is 0 Å². The van der Waals surface area contributed by atoms with Crippen LogP contribution in [0.25, 0.3) is 0 Å². The maximum absolute atomic E-state index is 4.21. The van der Waals surface area contributed by atoms with E-state index in [1.807, 2.05) is 6.33 Å². The van der Waals surface area contributed by atoms with E-state index in [0.717, 1.165) is 12.2 Å². The van der Waals surface area contributed by atoms with E-state index in [4.69, 9.17) is 0 Å². The molecule has 1 fully saturated rings. The van der Waals surface area contributed by atoms with E-state index in [9.17, 15) is 0 Å². The van der Waals surface area contributed by atoms with E-state index < -0.39 is 0 Å². The molecule has 1 saturated heterocycles. The van der Waals surface area contributed by atoms with E-state index in [0.29, 0.717) is 12.1 Å². The molecule has 0 radical (unpaired) electrons. The number of hydrogen-bond donors (Lipinski definition) is 1. The Hall–Kier alpha value is -0.900. The third-order valence-electron chi connectivity index (χ3n) is 3.33. The Morgan fingerprint density at radius 3 is 3.06 bits per heavy atom. The van der Waals surface area contributed by atoms with Gasteiger partial charge in [0.1, 0.15) is 12.2 Å². The zero-order chi connectivity index (χ0) is 11.4. The van der Waals surface area contributed by atoms with Crippen molar-refractivity contribution < 1.29 is 0 Å². The smallest absolute Gasteiger partial charge is 0.133 e. The molecule has 4 heteroatoms. The number of hydrogen-bond acceptors (Lipinski definition) is 3. The molecule has 0 aromatic carbocycles. The summed E-state index contributed by atoms with van der Waals surface area (Å²) in [7, 11) is 0. The molecule has 0 spiro atoms. The van der Waals surface area contributed by atoms with Crippen molar-refractivity contribution in [1.82, 2.24) is 20.1 Å². The monoisotopic (exact) mass is 222 g/mol. The van der Waals surface area contributed by atoms with E-state index in [-0.39, 0.29) is 0 Å². The van der Waals surface area contributed by atoms with Gasteiger partial charge < -0.3 is 9.88 Å². The summed E-state index contributed by atoms with van der Waals surface area (Å²) in [5.74, 6) is 1.13. The van der Waals surface area contributed by atoms with Gasteiger partial charge in [0.2, 0.25) is 0 Å². The van der Waals surface area contributed by atoms with Crippen molar-refractivity contribution >= 4 is 0 Å². The van der Waals surface area contributed by atoms with Gasteiger partial charge in [-0.3, -0.25) is 0 Å². The molecular formula is C12H22N4. The fourth-order valence-corrected chi connectivity index (χ4v) is 2.35. The van der Waals surface area contributed by atoms with Crippen molar-refractivity contribution in [2.75, 3.05) is 6.54 Å². The third-order valence-corrected chi connectivity index (χ3v) is 3.33. The second-order valence-electron chi connectivity index (χ2n) is 4.93. The maximum atomic E-state index is 4.21. The lowest BCUT2D eigenvalue weighted by Gasteiger charge is -2.23. The molecule has 2 heterocycles. The Balaban J connectivity index is 1.86. The van der Waals surface area contributed by atoms with Crippen LogP contribution >= 0.6 is 0 Å². The van der Waals surface area contributed by atoms with Gasteiger partial charge >= 0.3 is 0 Å². The minimum absolute atomic E-state index is 0.462. The van der Waals surface area contributed by atoms with Crippen LogP contribution < -0.4 is 5.32 Å². The van der Waals surface area contributed by atoms with Gasteiger partial charge in [-0.15, -0.1) is 10.2 Å². The lowest BCUT2D eigenvalue weighted by atomic mass is 10.0. The molecule has 1 aliphatic rings. The molecule has 2 rings (SSSR count).